The Kier molecular flexibility index (Phi) is 6.17. The number of aliphatic hydroxyl groups excluding tert-OH is 1. The van der Waals surface area contributed by atoms with Crippen LogP contribution in [0.25, 0.3) is 5.76 Å². The first-order chi connectivity index (χ1) is 17.3. The number of benzene rings is 2. The molecule has 2 N–H and O–H groups in total. The number of ether oxygens (including phenoxy) is 2. The minimum Gasteiger partial charge on any atom is -0.507 e. The largest absolute Gasteiger partial charge is 0.507 e. The first kappa shape index (κ1) is 23.9. The van der Waals surface area contributed by atoms with Crippen LogP contribution in [0.4, 0.5) is 0 Å². The van der Waals surface area contributed by atoms with Gasteiger partial charge in [-0.3, -0.25) is 14.6 Å². The molecule has 5 rings (SSSR count). The number of aliphatic hydroxyl groups is 1. The zero-order chi connectivity index (χ0) is 25.6. The number of likely N-dealkylation sites (tertiary alicyclic amines) is 1. The van der Waals surface area contributed by atoms with Gasteiger partial charge in [-0.15, -0.1) is 0 Å². The highest BCUT2D eigenvalue weighted by atomic mass is 79.9. The fourth-order valence-electron chi connectivity index (χ4n) is 4.71. The van der Waals surface area contributed by atoms with Gasteiger partial charge < -0.3 is 24.6 Å². The Morgan fingerprint density at radius 2 is 1.94 bits per heavy atom. The van der Waals surface area contributed by atoms with E-state index < -0.39 is 17.7 Å². The van der Waals surface area contributed by atoms with Crippen molar-refractivity contribution in [2.45, 2.75) is 32.0 Å². The highest BCUT2D eigenvalue weighted by molar-refractivity contribution is 9.10. The molecule has 2 aliphatic heterocycles. The summed E-state index contributed by atoms with van der Waals surface area (Å²) < 4.78 is 11.4. The van der Waals surface area contributed by atoms with Crippen molar-refractivity contribution < 1.29 is 29.3 Å². The van der Waals surface area contributed by atoms with Crippen LogP contribution < -0.4 is 9.47 Å². The molecule has 2 atom stereocenters. The van der Waals surface area contributed by atoms with E-state index in [0.29, 0.717) is 22.0 Å². The number of rotatable bonds is 5. The number of methoxy groups -OCH3 is 1. The van der Waals surface area contributed by atoms with Crippen LogP contribution in [0.15, 0.2) is 64.9 Å². The lowest BCUT2D eigenvalue weighted by Gasteiger charge is -2.26. The number of amides is 1. The first-order valence-corrected chi connectivity index (χ1v) is 12.1. The normalized spacial score (nSPS) is 20.4. The maximum Gasteiger partial charge on any atom is 0.295 e. The Morgan fingerprint density at radius 1 is 1.19 bits per heavy atom. The third-order valence-corrected chi connectivity index (χ3v) is 7.00. The number of ketones is 1. The molecule has 184 valence electrons. The van der Waals surface area contributed by atoms with E-state index in [0.717, 1.165) is 16.9 Å². The highest BCUT2D eigenvalue weighted by Crippen LogP contribution is 2.45. The minimum absolute atomic E-state index is 0.0187. The van der Waals surface area contributed by atoms with E-state index in [1.165, 1.54) is 12.0 Å². The Bertz CT molecular complexity index is 1400. The molecule has 3 aromatic rings. The fourth-order valence-corrected chi connectivity index (χ4v) is 5.17. The number of nitrogens with zero attached hydrogens (tertiary/aromatic N) is 2. The van der Waals surface area contributed by atoms with E-state index in [-0.39, 0.29) is 35.5 Å². The summed E-state index contributed by atoms with van der Waals surface area (Å²) in [4.78, 5) is 32.1. The van der Waals surface area contributed by atoms with Gasteiger partial charge >= 0.3 is 0 Å². The van der Waals surface area contributed by atoms with E-state index >= 15 is 0 Å². The van der Waals surface area contributed by atoms with Gasteiger partial charge in [0.05, 0.1) is 23.2 Å². The molecule has 0 saturated carbocycles. The summed E-state index contributed by atoms with van der Waals surface area (Å²) in [6, 6.07) is 11.0. The molecule has 0 radical (unpaired) electrons. The molecule has 36 heavy (non-hydrogen) atoms. The van der Waals surface area contributed by atoms with Crippen LogP contribution in [0.1, 0.15) is 35.2 Å². The lowest BCUT2D eigenvalue weighted by Crippen LogP contribution is -2.29. The number of aromatic hydroxyl groups is 1. The Morgan fingerprint density at radius 3 is 2.67 bits per heavy atom. The molecule has 0 spiro atoms. The maximum atomic E-state index is 13.4. The van der Waals surface area contributed by atoms with Crippen molar-refractivity contribution in [1.29, 1.82) is 0 Å². The fraction of sp³-hybridized carbons (Fsp3) is 0.222. The van der Waals surface area contributed by atoms with Gasteiger partial charge in [0, 0.05) is 30.9 Å². The summed E-state index contributed by atoms with van der Waals surface area (Å²) in [6.45, 7) is 2.07. The molecule has 1 aromatic heterocycles. The molecule has 9 heteroatoms. The van der Waals surface area contributed by atoms with Crippen LogP contribution in [0.3, 0.4) is 0 Å². The van der Waals surface area contributed by atoms with Crippen molar-refractivity contribution in [2.75, 3.05) is 7.11 Å². The summed E-state index contributed by atoms with van der Waals surface area (Å²) >= 11 is 3.32. The number of hydrogen-bond acceptors (Lipinski definition) is 7. The molecule has 3 heterocycles. The van der Waals surface area contributed by atoms with Gasteiger partial charge in [0.1, 0.15) is 17.6 Å². The number of carbonyl (C=O) groups is 2. The Balaban J connectivity index is 1.68. The zero-order valence-electron chi connectivity index (χ0n) is 19.6. The average Bonchev–Trinajstić information content (AvgIpc) is 3.37. The molecule has 0 bridgehead atoms. The van der Waals surface area contributed by atoms with Crippen LogP contribution in [0.2, 0.25) is 0 Å². The Hall–Kier alpha value is -3.85. The molecule has 0 unspecified atom stereocenters. The smallest absolute Gasteiger partial charge is 0.295 e. The molecular formula is C27H23BrN2O6. The number of aromatic nitrogens is 1. The summed E-state index contributed by atoms with van der Waals surface area (Å²) in [5.41, 5.74) is 2.56. The third-order valence-electron chi connectivity index (χ3n) is 6.40. The molecule has 2 aromatic carbocycles. The van der Waals surface area contributed by atoms with Crippen LogP contribution in [-0.2, 0) is 22.6 Å². The van der Waals surface area contributed by atoms with E-state index in [1.807, 2.05) is 6.92 Å². The summed E-state index contributed by atoms with van der Waals surface area (Å²) in [5, 5.41) is 21.7. The third kappa shape index (κ3) is 4.09. The molecule has 1 saturated heterocycles. The summed E-state index contributed by atoms with van der Waals surface area (Å²) in [6.07, 6.45) is 3.91. The van der Waals surface area contributed by atoms with Gasteiger partial charge in [-0.1, -0.05) is 0 Å². The molecule has 0 aliphatic carbocycles. The minimum atomic E-state index is -0.924. The van der Waals surface area contributed by atoms with Gasteiger partial charge in [-0.05, 0) is 82.0 Å². The van der Waals surface area contributed by atoms with Crippen molar-refractivity contribution in [2.24, 2.45) is 0 Å². The standard InChI is InChI=1S/C27H23BrN2O6/c1-14-9-17-10-16(3-4-20(17)36-14)24(31)22-23(18-11-19(28)25(32)21(12-18)35-2)30(27(34)26(22)33)13-15-5-7-29-8-6-15/h3-8,10-12,14,23,31-32H,9,13H2,1-2H3/b24-22+/t14-,23-/m1/s1. The van der Waals surface area contributed by atoms with Crippen molar-refractivity contribution in [3.05, 3.63) is 87.2 Å². The number of hydrogen-bond donors (Lipinski definition) is 2. The predicted octanol–water partition coefficient (Wildman–Crippen LogP) is 4.50. The summed E-state index contributed by atoms with van der Waals surface area (Å²) in [7, 11) is 1.41. The van der Waals surface area contributed by atoms with Crippen molar-refractivity contribution in [3.8, 4) is 17.2 Å². The topological polar surface area (TPSA) is 109 Å². The lowest BCUT2D eigenvalue weighted by molar-refractivity contribution is -0.140. The van der Waals surface area contributed by atoms with Crippen LogP contribution in [-0.4, -0.2) is 45.0 Å². The van der Waals surface area contributed by atoms with Gasteiger partial charge in [0.25, 0.3) is 11.7 Å². The second kappa shape index (κ2) is 9.31. The SMILES string of the molecule is COc1cc([C@@H]2/C(=C(\O)c3ccc4c(c3)C[C@@H](C)O4)C(=O)C(=O)N2Cc2ccncc2)cc(Br)c1O. The predicted molar refractivity (Wildman–Crippen MR) is 135 cm³/mol. The van der Waals surface area contributed by atoms with Gasteiger partial charge in [-0.2, -0.15) is 0 Å². The molecular weight excluding hydrogens is 528 g/mol. The van der Waals surface area contributed by atoms with Crippen LogP contribution in [0.5, 0.6) is 17.2 Å². The Labute approximate surface area is 215 Å². The number of fused-ring (bicyclic) bond motifs is 1. The van der Waals surface area contributed by atoms with Crippen LogP contribution in [0, 0.1) is 0 Å². The molecule has 1 fully saturated rings. The van der Waals surface area contributed by atoms with Gasteiger partial charge in [0.15, 0.2) is 11.5 Å². The zero-order valence-corrected chi connectivity index (χ0v) is 21.2. The molecule has 2 aliphatic rings. The van der Waals surface area contributed by atoms with Crippen molar-refractivity contribution >= 4 is 33.4 Å². The number of phenols is 1. The van der Waals surface area contributed by atoms with Crippen molar-refractivity contribution in [3.63, 3.8) is 0 Å². The second-order valence-electron chi connectivity index (χ2n) is 8.79. The molecule has 8 nitrogen and oxygen atoms in total. The average molecular weight is 551 g/mol. The second-order valence-corrected chi connectivity index (χ2v) is 9.65. The van der Waals surface area contributed by atoms with Crippen LogP contribution >= 0.6 is 15.9 Å². The van der Waals surface area contributed by atoms with Gasteiger partial charge in [-0.25, -0.2) is 0 Å². The number of carbonyl (C=O) groups excluding carboxylic acids is 2. The number of halogens is 1. The first-order valence-electron chi connectivity index (χ1n) is 11.3. The number of Topliss-reactive ketones (excluding diaryl/α,β-unsaturated/α-hetero) is 1. The highest BCUT2D eigenvalue weighted by Gasteiger charge is 2.46. The molecule has 1 amide bonds. The monoisotopic (exact) mass is 550 g/mol. The quantitative estimate of drug-likeness (QED) is 0.273. The lowest BCUT2D eigenvalue weighted by atomic mass is 9.94. The maximum absolute atomic E-state index is 13.4. The van der Waals surface area contributed by atoms with E-state index in [2.05, 4.69) is 20.9 Å². The van der Waals surface area contributed by atoms with E-state index in [9.17, 15) is 19.8 Å². The number of phenolic OH excluding ortho intramolecular Hbond substituents is 1. The van der Waals surface area contributed by atoms with E-state index in [4.69, 9.17) is 9.47 Å². The number of pyridine rings is 1. The van der Waals surface area contributed by atoms with Crippen molar-refractivity contribution in [1.82, 2.24) is 9.88 Å². The summed E-state index contributed by atoms with van der Waals surface area (Å²) in [5.74, 6) is -1.01. The van der Waals surface area contributed by atoms with Gasteiger partial charge in [0.2, 0.25) is 0 Å². The van der Waals surface area contributed by atoms with E-state index in [1.54, 1.807) is 54.9 Å².